The molecule has 3 rings (SSSR count). The molecule has 0 spiro atoms. The molecule has 1 N–H and O–H groups in total. The topological polar surface area (TPSA) is 113 Å². The maximum atomic E-state index is 13.7. The van der Waals surface area contributed by atoms with Crippen molar-refractivity contribution in [3.63, 3.8) is 0 Å². The van der Waals surface area contributed by atoms with Crippen molar-refractivity contribution in [2.24, 2.45) is 11.8 Å². The Labute approximate surface area is 216 Å². The Morgan fingerprint density at radius 2 is 1.81 bits per heavy atom. The molecule has 0 saturated heterocycles. The summed E-state index contributed by atoms with van der Waals surface area (Å²) in [6.07, 6.45) is 2.86. The monoisotopic (exact) mass is 534 g/mol. The van der Waals surface area contributed by atoms with Crippen molar-refractivity contribution in [2.75, 3.05) is 20.1 Å². The number of furan rings is 1. The quantitative estimate of drug-likeness (QED) is 0.379. The minimum Gasteiger partial charge on any atom is -0.464 e. The summed E-state index contributed by atoms with van der Waals surface area (Å²) in [6, 6.07) is 4.90. The van der Waals surface area contributed by atoms with Gasteiger partial charge in [0, 0.05) is 36.6 Å². The first kappa shape index (κ1) is 27.8. The number of carbonyl (C=O) groups is 2. The number of nitrogens with one attached hydrogen (secondary N) is 1. The van der Waals surface area contributed by atoms with E-state index in [1.165, 1.54) is 34.6 Å². The number of carbonyl (C=O) groups excluding carboxylic acids is 2. The third kappa shape index (κ3) is 7.37. The fourth-order valence-corrected chi connectivity index (χ4v) is 5.75. The van der Waals surface area contributed by atoms with Crippen molar-refractivity contribution in [3.05, 3.63) is 47.1 Å². The summed E-state index contributed by atoms with van der Waals surface area (Å²) < 4.78 is 34.5. The number of amides is 2. The normalized spacial score (nSPS) is 12.9. The lowest BCUT2D eigenvalue weighted by molar-refractivity contribution is -0.139. The Balaban J connectivity index is 1.88. The highest BCUT2D eigenvalue weighted by atomic mass is 32.2. The van der Waals surface area contributed by atoms with Crippen molar-refractivity contribution in [1.82, 2.24) is 19.5 Å². The largest absolute Gasteiger partial charge is 0.464 e. The Morgan fingerprint density at radius 1 is 1.11 bits per heavy atom. The Hall–Kier alpha value is -2.76. The van der Waals surface area contributed by atoms with Crippen LogP contribution in [0.5, 0.6) is 0 Å². The molecule has 2 amide bonds. The second-order valence-electron chi connectivity index (χ2n) is 9.75. The molecule has 2 aromatic heterocycles. The van der Waals surface area contributed by atoms with Gasteiger partial charge in [-0.1, -0.05) is 27.7 Å². The van der Waals surface area contributed by atoms with E-state index in [2.05, 4.69) is 9.71 Å². The third-order valence-electron chi connectivity index (χ3n) is 5.49. The molecule has 3 aromatic rings. The smallest absolute Gasteiger partial charge is 0.241 e. The Bertz CT molecular complexity index is 1260. The van der Waals surface area contributed by atoms with Gasteiger partial charge in [-0.15, -0.1) is 11.3 Å². The van der Waals surface area contributed by atoms with Gasteiger partial charge in [-0.3, -0.25) is 14.6 Å². The van der Waals surface area contributed by atoms with Gasteiger partial charge < -0.3 is 14.2 Å². The molecule has 9 nitrogen and oxygen atoms in total. The van der Waals surface area contributed by atoms with Gasteiger partial charge in [-0.05, 0) is 36.1 Å². The van der Waals surface area contributed by atoms with Crippen LogP contribution in [-0.4, -0.2) is 61.2 Å². The maximum absolute atomic E-state index is 13.7. The first-order valence-electron chi connectivity index (χ1n) is 11.9. The molecule has 0 aliphatic carbocycles. The third-order valence-corrected chi connectivity index (χ3v) is 7.73. The van der Waals surface area contributed by atoms with E-state index in [0.29, 0.717) is 30.6 Å². The van der Waals surface area contributed by atoms with Gasteiger partial charge in [0.1, 0.15) is 11.6 Å². The number of fused-ring (bicyclic) bond motifs is 1. The van der Waals surface area contributed by atoms with E-state index in [1.54, 1.807) is 35.8 Å². The van der Waals surface area contributed by atoms with E-state index >= 15 is 0 Å². The SMILES string of the molecule is CC(C)CN(CC(C)C)C(=O)[C@H](CC(=O)N(C)Cc1cncs1)NS(=O)(=O)c1ccc2occc2c1. The molecule has 36 heavy (non-hydrogen) atoms. The highest BCUT2D eigenvalue weighted by Gasteiger charge is 2.33. The average Bonchev–Trinajstić information content (AvgIpc) is 3.48. The zero-order chi connectivity index (χ0) is 26.5. The van der Waals surface area contributed by atoms with E-state index in [0.717, 1.165) is 4.88 Å². The van der Waals surface area contributed by atoms with Gasteiger partial charge >= 0.3 is 0 Å². The van der Waals surface area contributed by atoms with Crippen LogP contribution in [0.2, 0.25) is 0 Å². The standard InChI is InChI=1S/C25H34N4O5S2/c1-17(2)13-29(14-18(3)4)25(31)22(11-24(30)28(5)15-20-12-26-16-35-20)27-36(32,33)21-6-7-23-19(10-21)8-9-34-23/h6-10,12,16-18,22,27H,11,13-15H2,1-5H3/t22-/m0/s1. The number of sulfonamides is 1. The molecule has 0 radical (unpaired) electrons. The first-order chi connectivity index (χ1) is 17.0. The van der Waals surface area contributed by atoms with Crippen molar-refractivity contribution < 1.29 is 22.4 Å². The van der Waals surface area contributed by atoms with E-state index < -0.39 is 22.0 Å². The first-order valence-corrected chi connectivity index (χ1v) is 14.2. The molecule has 0 aliphatic rings. The summed E-state index contributed by atoms with van der Waals surface area (Å²) in [6.45, 7) is 9.22. The summed E-state index contributed by atoms with van der Waals surface area (Å²) >= 11 is 1.42. The molecule has 0 fully saturated rings. The van der Waals surface area contributed by atoms with Crippen molar-refractivity contribution in [2.45, 2.75) is 51.6 Å². The van der Waals surface area contributed by atoms with Crippen LogP contribution in [0.3, 0.4) is 0 Å². The number of rotatable bonds is 12. The highest BCUT2D eigenvalue weighted by Crippen LogP contribution is 2.21. The number of aromatic nitrogens is 1. The van der Waals surface area contributed by atoms with Gasteiger partial charge in [-0.25, -0.2) is 8.42 Å². The predicted molar refractivity (Wildman–Crippen MR) is 140 cm³/mol. The van der Waals surface area contributed by atoms with Crippen molar-refractivity contribution in [3.8, 4) is 0 Å². The number of hydrogen-bond donors (Lipinski definition) is 1. The van der Waals surface area contributed by atoms with Crippen LogP contribution in [0, 0.1) is 11.8 Å². The molecule has 196 valence electrons. The summed E-state index contributed by atoms with van der Waals surface area (Å²) in [5, 5.41) is 0.627. The van der Waals surface area contributed by atoms with Gasteiger partial charge in [-0.2, -0.15) is 4.72 Å². The second-order valence-corrected chi connectivity index (χ2v) is 12.4. The van der Waals surface area contributed by atoms with Crippen LogP contribution in [0.4, 0.5) is 0 Å². The molecule has 0 aliphatic heterocycles. The van der Waals surface area contributed by atoms with Crippen LogP contribution in [0.1, 0.15) is 39.0 Å². The van der Waals surface area contributed by atoms with Gasteiger partial charge in [0.15, 0.2) is 0 Å². The predicted octanol–water partition coefficient (Wildman–Crippen LogP) is 3.73. The maximum Gasteiger partial charge on any atom is 0.241 e. The highest BCUT2D eigenvalue weighted by molar-refractivity contribution is 7.89. The number of hydrogen-bond acceptors (Lipinski definition) is 7. The summed E-state index contributed by atoms with van der Waals surface area (Å²) in [5.41, 5.74) is 2.24. The van der Waals surface area contributed by atoms with E-state index in [1.807, 2.05) is 27.7 Å². The summed E-state index contributed by atoms with van der Waals surface area (Å²) in [4.78, 5) is 34.8. The summed E-state index contributed by atoms with van der Waals surface area (Å²) in [5.74, 6) is -0.398. The van der Waals surface area contributed by atoms with E-state index in [-0.39, 0.29) is 29.1 Å². The zero-order valence-electron chi connectivity index (χ0n) is 21.3. The molecule has 11 heteroatoms. The van der Waals surface area contributed by atoms with Gasteiger partial charge in [0.2, 0.25) is 21.8 Å². The van der Waals surface area contributed by atoms with Gasteiger partial charge in [0.05, 0.1) is 29.6 Å². The molecule has 1 aromatic carbocycles. The van der Waals surface area contributed by atoms with E-state index in [4.69, 9.17) is 4.42 Å². The molecule has 0 unspecified atom stereocenters. The van der Waals surface area contributed by atoms with Crippen molar-refractivity contribution in [1.29, 1.82) is 0 Å². The lowest BCUT2D eigenvalue weighted by Gasteiger charge is -2.31. The summed E-state index contributed by atoms with van der Waals surface area (Å²) in [7, 11) is -2.47. The van der Waals surface area contributed by atoms with Crippen molar-refractivity contribution >= 4 is 44.1 Å². The van der Waals surface area contributed by atoms with E-state index in [9.17, 15) is 18.0 Å². The lowest BCUT2D eigenvalue weighted by atomic mass is 10.1. The Kier molecular flexibility index (Phi) is 9.26. The molecular weight excluding hydrogens is 500 g/mol. The van der Waals surface area contributed by atoms with Crippen LogP contribution in [-0.2, 0) is 26.2 Å². The number of benzene rings is 1. The second kappa shape index (κ2) is 12.0. The van der Waals surface area contributed by atoms with Crippen LogP contribution >= 0.6 is 11.3 Å². The fourth-order valence-electron chi connectivity index (χ4n) is 3.88. The number of nitrogens with zero attached hydrogens (tertiary/aromatic N) is 3. The average molecular weight is 535 g/mol. The minimum atomic E-state index is -4.10. The molecule has 1 atom stereocenters. The number of thiazole rings is 1. The lowest BCUT2D eigenvalue weighted by Crippen LogP contribution is -2.52. The van der Waals surface area contributed by atoms with Gasteiger partial charge in [0.25, 0.3) is 0 Å². The fraction of sp³-hybridized carbons (Fsp3) is 0.480. The minimum absolute atomic E-state index is 0.000988. The molecule has 0 saturated carbocycles. The molecule has 2 heterocycles. The zero-order valence-corrected chi connectivity index (χ0v) is 22.9. The molecular formula is C25H34N4O5S2. The van der Waals surface area contributed by atoms with Crippen LogP contribution < -0.4 is 4.72 Å². The molecule has 0 bridgehead atoms. The van der Waals surface area contributed by atoms with Crippen LogP contribution in [0.25, 0.3) is 11.0 Å². The van der Waals surface area contributed by atoms with Crippen LogP contribution in [0.15, 0.2) is 51.5 Å². The Morgan fingerprint density at radius 3 is 2.42 bits per heavy atom.